The summed E-state index contributed by atoms with van der Waals surface area (Å²) in [5, 5.41) is 11.8. The quantitative estimate of drug-likeness (QED) is 0.228. The molecule has 0 aliphatic carbocycles. The number of hydrogen-bond donors (Lipinski definition) is 3. The number of nitrogens with two attached hydrogens (primary N) is 1. The van der Waals surface area contributed by atoms with Crippen LogP contribution in [0.4, 0.5) is 0 Å². The lowest BCUT2D eigenvalue weighted by atomic mass is 9.90. The summed E-state index contributed by atoms with van der Waals surface area (Å²) in [7, 11) is 0. The van der Waals surface area contributed by atoms with Crippen LogP contribution >= 0.6 is 15.9 Å². The molecule has 0 saturated carbocycles. The minimum Gasteiger partial charge on any atom is -0.480 e. The standard InChI is InChI=1S/C23H25BrN2O6/c24-14-18(27)11-12-19(20(28)29)26-21(30)23(25,13-16-7-3-1-4-8-16)22(31)32-15-17-9-5-2-6-10-17/h1-10,19H,11-15,25H2,(H,26,30)(H,28,29)/t19-,23-/m0/s1. The van der Waals surface area contributed by atoms with Crippen LogP contribution in [0.1, 0.15) is 24.0 Å². The van der Waals surface area contributed by atoms with Gasteiger partial charge in [0.05, 0.1) is 5.33 Å². The van der Waals surface area contributed by atoms with E-state index in [0.717, 1.165) is 0 Å². The SMILES string of the molecule is N[C@@](Cc1ccccc1)(C(=O)N[C@@H](CCC(=O)CBr)C(=O)O)C(=O)OCc1ccccc1. The number of carboxylic acid groups (broad SMARTS) is 1. The highest BCUT2D eigenvalue weighted by Gasteiger charge is 2.45. The molecule has 4 N–H and O–H groups in total. The smallest absolute Gasteiger partial charge is 0.336 e. The van der Waals surface area contributed by atoms with Crippen molar-refractivity contribution in [2.45, 2.75) is 37.5 Å². The number of ketones is 1. The Balaban J connectivity index is 2.21. The van der Waals surface area contributed by atoms with E-state index >= 15 is 0 Å². The normalized spacial score (nSPS) is 13.4. The van der Waals surface area contributed by atoms with Gasteiger partial charge in [-0.1, -0.05) is 76.6 Å². The fraction of sp³-hybridized carbons (Fsp3) is 0.304. The van der Waals surface area contributed by atoms with Gasteiger partial charge in [0, 0.05) is 12.8 Å². The minimum atomic E-state index is -2.16. The maximum atomic E-state index is 13.1. The fourth-order valence-corrected chi connectivity index (χ4v) is 3.21. The predicted octanol–water partition coefficient (Wildman–Crippen LogP) is 1.98. The summed E-state index contributed by atoms with van der Waals surface area (Å²) < 4.78 is 5.31. The Morgan fingerprint density at radius 3 is 2.09 bits per heavy atom. The highest BCUT2D eigenvalue weighted by atomic mass is 79.9. The molecule has 2 aromatic rings. The number of nitrogens with one attached hydrogen (secondary N) is 1. The van der Waals surface area contributed by atoms with Crippen molar-refractivity contribution in [2.24, 2.45) is 5.73 Å². The number of benzene rings is 2. The molecule has 2 aromatic carbocycles. The van der Waals surface area contributed by atoms with Gasteiger partial charge in [-0.3, -0.25) is 9.59 Å². The van der Waals surface area contributed by atoms with Gasteiger partial charge in [0.25, 0.3) is 5.91 Å². The minimum absolute atomic E-state index is 0.0583. The number of carbonyl (C=O) groups is 4. The first-order valence-corrected chi connectivity index (χ1v) is 11.0. The summed E-state index contributed by atoms with van der Waals surface area (Å²) in [4.78, 5) is 49.1. The molecule has 0 heterocycles. The average Bonchev–Trinajstić information content (AvgIpc) is 2.80. The second-order valence-corrected chi connectivity index (χ2v) is 7.83. The molecule has 170 valence electrons. The van der Waals surface area contributed by atoms with E-state index in [4.69, 9.17) is 10.5 Å². The van der Waals surface area contributed by atoms with Gasteiger partial charge in [0.1, 0.15) is 18.4 Å². The van der Waals surface area contributed by atoms with Crippen molar-refractivity contribution < 1.29 is 29.0 Å². The number of carbonyl (C=O) groups excluding carboxylic acids is 3. The average molecular weight is 505 g/mol. The Bertz CT molecular complexity index is 938. The summed E-state index contributed by atoms with van der Waals surface area (Å²) in [6.45, 7) is -0.0944. The molecule has 0 aromatic heterocycles. The lowest BCUT2D eigenvalue weighted by Crippen LogP contribution is -2.63. The first kappa shape index (κ1) is 25.2. The fourth-order valence-electron chi connectivity index (χ4n) is 2.93. The number of ether oxygens (including phenoxy) is 1. The third kappa shape index (κ3) is 7.28. The number of esters is 1. The number of Topliss-reactive ketones (excluding diaryl/α,β-unsaturated/α-hetero) is 1. The molecule has 2 atom stereocenters. The molecule has 8 nitrogen and oxygen atoms in total. The van der Waals surface area contributed by atoms with Gasteiger partial charge in [-0.2, -0.15) is 0 Å². The Hall–Kier alpha value is -3.04. The summed E-state index contributed by atoms with van der Waals surface area (Å²) in [5.74, 6) is -3.52. The molecule has 0 bridgehead atoms. The van der Waals surface area contributed by atoms with Crippen molar-refractivity contribution in [2.75, 3.05) is 5.33 Å². The monoisotopic (exact) mass is 504 g/mol. The zero-order valence-corrected chi connectivity index (χ0v) is 18.9. The van der Waals surface area contributed by atoms with Crippen LogP contribution in [0.3, 0.4) is 0 Å². The van der Waals surface area contributed by atoms with Crippen LogP contribution in [0.25, 0.3) is 0 Å². The number of carboxylic acids is 1. The largest absolute Gasteiger partial charge is 0.480 e. The molecule has 2 rings (SSSR count). The van der Waals surface area contributed by atoms with E-state index < -0.39 is 29.4 Å². The van der Waals surface area contributed by atoms with E-state index in [9.17, 15) is 24.3 Å². The van der Waals surface area contributed by atoms with E-state index in [0.29, 0.717) is 11.1 Å². The van der Waals surface area contributed by atoms with Crippen molar-refractivity contribution in [1.29, 1.82) is 0 Å². The van der Waals surface area contributed by atoms with Crippen LogP contribution < -0.4 is 11.1 Å². The summed E-state index contributed by atoms with van der Waals surface area (Å²) in [6.07, 6.45) is -0.386. The molecular weight excluding hydrogens is 480 g/mol. The first-order chi connectivity index (χ1) is 15.3. The molecular formula is C23H25BrN2O6. The molecule has 0 aliphatic rings. The van der Waals surface area contributed by atoms with E-state index in [1.165, 1.54) is 0 Å². The Morgan fingerprint density at radius 2 is 1.56 bits per heavy atom. The molecule has 0 aliphatic heterocycles. The van der Waals surface area contributed by atoms with Crippen molar-refractivity contribution in [1.82, 2.24) is 5.32 Å². The van der Waals surface area contributed by atoms with E-state index in [-0.39, 0.29) is 37.0 Å². The topological polar surface area (TPSA) is 136 Å². The van der Waals surface area contributed by atoms with Gasteiger partial charge < -0.3 is 20.9 Å². The highest BCUT2D eigenvalue weighted by Crippen LogP contribution is 2.16. The molecule has 0 saturated heterocycles. The second-order valence-electron chi connectivity index (χ2n) is 7.27. The Morgan fingerprint density at radius 1 is 1.00 bits per heavy atom. The van der Waals surface area contributed by atoms with E-state index in [1.807, 2.05) is 6.07 Å². The Kier molecular flexibility index (Phi) is 9.55. The third-order valence-corrected chi connectivity index (χ3v) is 5.40. The lowest BCUT2D eigenvalue weighted by molar-refractivity contribution is -0.157. The number of amides is 1. The molecule has 1 amide bonds. The molecule has 32 heavy (non-hydrogen) atoms. The van der Waals surface area contributed by atoms with Crippen molar-refractivity contribution in [3.05, 3.63) is 71.8 Å². The molecule has 9 heteroatoms. The summed E-state index contributed by atoms with van der Waals surface area (Å²) >= 11 is 3.01. The van der Waals surface area contributed by atoms with Crippen molar-refractivity contribution in [3.8, 4) is 0 Å². The zero-order valence-electron chi connectivity index (χ0n) is 17.3. The van der Waals surface area contributed by atoms with Crippen LogP contribution in [0.5, 0.6) is 0 Å². The first-order valence-electron chi connectivity index (χ1n) is 9.91. The van der Waals surface area contributed by atoms with Gasteiger partial charge in [-0.05, 0) is 17.5 Å². The Labute approximate surface area is 194 Å². The highest BCUT2D eigenvalue weighted by molar-refractivity contribution is 9.09. The van der Waals surface area contributed by atoms with Gasteiger partial charge >= 0.3 is 11.9 Å². The van der Waals surface area contributed by atoms with Crippen molar-refractivity contribution >= 4 is 39.6 Å². The number of rotatable bonds is 12. The van der Waals surface area contributed by atoms with Crippen LogP contribution in [0.2, 0.25) is 0 Å². The lowest BCUT2D eigenvalue weighted by Gasteiger charge is -2.28. The summed E-state index contributed by atoms with van der Waals surface area (Å²) in [5.41, 5.74) is 5.40. The van der Waals surface area contributed by atoms with Crippen molar-refractivity contribution in [3.63, 3.8) is 0 Å². The van der Waals surface area contributed by atoms with Crippen LogP contribution in [0.15, 0.2) is 60.7 Å². The third-order valence-electron chi connectivity index (χ3n) is 4.77. The number of aliphatic carboxylic acids is 1. The molecule has 0 radical (unpaired) electrons. The van der Waals surface area contributed by atoms with E-state index in [1.54, 1.807) is 54.6 Å². The maximum absolute atomic E-state index is 13.1. The van der Waals surface area contributed by atoms with Gasteiger partial charge in [0.2, 0.25) is 0 Å². The predicted molar refractivity (Wildman–Crippen MR) is 121 cm³/mol. The maximum Gasteiger partial charge on any atom is 0.336 e. The molecule has 0 unspecified atom stereocenters. The number of hydrogen-bond acceptors (Lipinski definition) is 6. The van der Waals surface area contributed by atoms with Gasteiger partial charge in [0.15, 0.2) is 5.54 Å². The molecule has 0 spiro atoms. The van der Waals surface area contributed by atoms with Crippen LogP contribution in [-0.4, -0.2) is 45.6 Å². The number of alkyl halides is 1. The van der Waals surface area contributed by atoms with Crippen LogP contribution in [0, 0.1) is 0 Å². The number of halogens is 1. The second kappa shape index (κ2) is 12.1. The zero-order chi connectivity index (χ0) is 23.6. The molecule has 0 fully saturated rings. The van der Waals surface area contributed by atoms with Gasteiger partial charge in [-0.15, -0.1) is 0 Å². The van der Waals surface area contributed by atoms with E-state index in [2.05, 4.69) is 21.2 Å². The summed E-state index contributed by atoms with van der Waals surface area (Å²) in [6, 6.07) is 16.1. The van der Waals surface area contributed by atoms with Crippen LogP contribution in [-0.2, 0) is 36.9 Å². The van der Waals surface area contributed by atoms with Gasteiger partial charge in [-0.25, -0.2) is 9.59 Å².